The summed E-state index contributed by atoms with van der Waals surface area (Å²) in [5.74, 6) is 0. The highest BCUT2D eigenvalue weighted by molar-refractivity contribution is 6.78. The normalized spacial score (nSPS) is 21.5. The zero-order valence-corrected chi connectivity index (χ0v) is 32.9. The topological polar surface area (TPSA) is 36.9 Å². The largest absolute Gasteiger partial charge is 0.493 e. The van der Waals surface area contributed by atoms with E-state index in [1.54, 1.807) is 0 Å². The Balaban J connectivity index is 3.72. The Hall–Kier alpha value is 0.0706. The molecule has 1 aliphatic heterocycles. The lowest BCUT2D eigenvalue weighted by Crippen LogP contribution is -2.61. The van der Waals surface area contributed by atoms with Crippen LogP contribution < -0.4 is 0 Å². The van der Waals surface area contributed by atoms with Crippen LogP contribution in [0.4, 0.5) is 0 Å². The zero-order valence-electron chi connectivity index (χ0n) is 29.9. The van der Waals surface area contributed by atoms with Gasteiger partial charge in [0, 0.05) is 0 Å². The van der Waals surface area contributed by atoms with Crippen LogP contribution in [0.1, 0.15) is 125 Å². The van der Waals surface area contributed by atoms with E-state index < -0.39 is 25.0 Å². The molecule has 3 atom stereocenters. The van der Waals surface area contributed by atoms with Crippen LogP contribution in [-0.2, 0) is 18.0 Å². The highest BCUT2D eigenvalue weighted by Gasteiger charge is 2.54. The van der Waals surface area contributed by atoms with Gasteiger partial charge in [0.2, 0.25) is 25.0 Å². The second kappa shape index (κ2) is 15.2. The van der Waals surface area contributed by atoms with Gasteiger partial charge in [0.25, 0.3) is 0 Å². The minimum atomic E-state index is -2.22. The standard InChI is InChI=1S/C33H70O4Si3/c1-22(2)38(23(3)4,24(5)6)35-21-32-33(37-40(28(13)14,29(15)16)30(17)18)31(19-20-34-32)36-39(25(7)8,26(9)10)27(11)12/h19-20,22-33H,21H2,1-18H3/t31-,32+,33-/m0/s1. The molecule has 1 aliphatic rings. The fourth-order valence-corrected chi connectivity index (χ4v) is 25.5. The Bertz CT molecular complexity index is 708. The molecule has 0 spiro atoms. The van der Waals surface area contributed by atoms with Crippen LogP contribution in [0.25, 0.3) is 0 Å². The van der Waals surface area contributed by atoms with Gasteiger partial charge in [0.1, 0.15) is 12.2 Å². The highest BCUT2D eigenvalue weighted by Crippen LogP contribution is 2.48. The second-order valence-corrected chi connectivity index (χ2v) is 31.7. The molecule has 238 valence electrons. The summed E-state index contributed by atoms with van der Waals surface area (Å²) in [6.07, 6.45) is 3.57. The van der Waals surface area contributed by atoms with E-state index in [1.807, 2.05) is 6.26 Å². The average molecular weight is 615 g/mol. The molecule has 0 fully saturated rings. The molecule has 0 aromatic rings. The molecule has 0 amide bonds. The summed E-state index contributed by atoms with van der Waals surface area (Å²) >= 11 is 0. The Morgan fingerprint density at radius 3 is 1.15 bits per heavy atom. The maximum Gasteiger partial charge on any atom is 0.201 e. The van der Waals surface area contributed by atoms with E-state index in [9.17, 15) is 0 Å². The first kappa shape index (κ1) is 38.1. The molecule has 0 saturated heterocycles. The van der Waals surface area contributed by atoms with Gasteiger partial charge in [0.15, 0.2) is 0 Å². The first-order valence-corrected chi connectivity index (χ1v) is 23.0. The van der Waals surface area contributed by atoms with E-state index in [1.165, 1.54) is 0 Å². The summed E-state index contributed by atoms with van der Waals surface area (Å²) in [7, 11) is -6.45. The molecule has 0 bridgehead atoms. The lowest BCUT2D eigenvalue weighted by molar-refractivity contribution is -0.0707. The van der Waals surface area contributed by atoms with Gasteiger partial charge in [-0.2, -0.15) is 0 Å². The van der Waals surface area contributed by atoms with Crippen LogP contribution in [-0.4, -0.2) is 49.9 Å². The van der Waals surface area contributed by atoms with Crippen LogP contribution in [0.2, 0.25) is 49.9 Å². The predicted molar refractivity (Wildman–Crippen MR) is 183 cm³/mol. The summed E-state index contributed by atoms with van der Waals surface area (Å²) < 4.78 is 28.8. The first-order valence-electron chi connectivity index (χ1n) is 16.6. The number of rotatable bonds is 16. The molecule has 0 N–H and O–H groups in total. The molecule has 7 heteroatoms. The van der Waals surface area contributed by atoms with Gasteiger partial charge < -0.3 is 18.0 Å². The van der Waals surface area contributed by atoms with E-state index in [-0.39, 0.29) is 18.3 Å². The van der Waals surface area contributed by atoms with Crippen LogP contribution in [0, 0.1) is 0 Å². The van der Waals surface area contributed by atoms with Crippen molar-refractivity contribution in [2.24, 2.45) is 0 Å². The molecule has 0 saturated carbocycles. The van der Waals surface area contributed by atoms with Crippen molar-refractivity contribution in [3.63, 3.8) is 0 Å². The average Bonchev–Trinajstić information content (AvgIpc) is 2.79. The van der Waals surface area contributed by atoms with Gasteiger partial charge in [-0.1, -0.05) is 125 Å². The van der Waals surface area contributed by atoms with E-state index in [4.69, 9.17) is 18.0 Å². The van der Waals surface area contributed by atoms with Gasteiger partial charge >= 0.3 is 0 Å². The number of ether oxygens (including phenoxy) is 1. The van der Waals surface area contributed by atoms with Crippen molar-refractivity contribution in [3.8, 4) is 0 Å². The van der Waals surface area contributed by atoms with Gasteiger partial charge in [-0.3, -0.25) is 0 Å². The summed E-state index contributed by atoms with van der Waals surface area (Å²) in [4.78, 5) is 0. The highest BCUT2D eigenvalue weighted by atomic mass is 28.4. The van der Waals surface area contributed by atoms with Gasteiger partial charge in [-0.25, -0.2) is 0 Å². The van der Waals surface area contributed by atoms with Crippen LogP contribution in [0.5, 0.6) is 0 Å². The summed E-state index contributed by atoms with van der Waals surface area (Å²) in [5, 5.41) is 0. The van der Waals surface area contributed by atoms with Gasteiger partial charge in [0.05, 0.1) is 19.0 Å². The Morgan fingerprint density at radius 2 is 0.825 bits per heavy atom. The molecule has 1 rings (SSSR count). The van der Waals surface area contributed by atoms with Crippen LogP contribution >= 0.6 is 0 Å². The van der Waals surface area contributed by atoms with E-state index in [0.29, 0.717) is 56.5 Å². The molecular formula is C33H70O4Si3. The molecule has 0 aromatic carbocycles. The van der Waals surface area contributed by atoms with Gasteiger partial charge in [-0.15, -0.1) is 0 Å². The van der Waals surface area contributed by atoms with Crippen LogP contribution in [0.3, 0.4) is 0 Å². The van der Waals surface area contributed by atoms with Crippen molar-refractivity contribution in [2.45, 2.75) is 193 Å². The minimum absolute atomic E-state index is 0.127. The quantitative estimate of drug-likeness (QED) is 0.162. The van der Waals surface area contributed by atoms with Crippen molar-refractivity contribution in [2.75, 3.05) is 6.61 Å². The number of hydrogen-bond acceptors (Lipinski definition) is 4. The Labute approximate surface area is 254 Å². The molecule has 40 heavy (non-hydrogen) atoms. The monoisotopic (exact) mass is 614 g/mol. The van der Waals surface area contributed by atoms with E-state index in [2.05, 4.69) is 131 Å². The summed E-state index contributed by atoms with van der Waals surface area (Å²) in [5.41, 5.74) is 4.54. The minimum Gasteiger partial charge on any atom is -0.493 e. The van der Waals surface area contributed by atoms with Crippen molar-refractivity contribution >= 4 is 25.0 Å². The van der Waals surface area contributed by atoms with Crippen molar-refractivity contribution in [1.29, 1.82) is 0 Å². The summed E-state index contributed by atoms with van der Waals surface area (Å²) in [6.45, 7) is 43.2. The lowest BCUT2D eigenvalue weighted by Gasteiger charge is -2.51. The fraction of sp³-hybridized carbons (Fsp3) is 0.939. The molecule has 0 radical (unpaired) electrons. The molecule has 1 heterocycles. The third-order valence-corrected chi connectivity index (χ3v) is 28.8. The predicted octanol–water partition coefficient (Wildman–Crippen LogP) is 11.2. The fourth-order valence-electron chi connectivity index (χ4n) is 9.02. The third kappa shape index (κ3) is 7.40. The second-order valence-electron chi connectivity index (χ2n) is 15.4. The lowest BCUT2D eigenvalue weighted by atomic mass is 10.1. The first-order chi connectivity index (χ1) is 18.3. The van der Waals surface area contributed by atoms with Gasteiger partial charge in [-0.05, 0) is 55.9 Å². The molecule has 0 unspecified atom stereocenters. The third-order valence-electron chi connectivity index (χ3n) is 10.5. The van der Waals surface area contributed by atoms with Crippen molar-refractivity contribution in [3.05, 3.63) is 12.3 Å². The molecule has 0 aliphatic carbocycles. The smallest absolute Gasteiger partial charge is 0.201 e. The molecule has 4 nitrogen and oxygen atoms in total. The SMILES string of the molecule is CC(C)[Si](OC[C@H]1OC=C[C@H](O[Si](C(C)C)(C(C)C)C(C)C)[C@@H]1O[Si](C(C)C)(C(C)C)C(C)C)(C(C)C)C(C)C. The summed E-state index contributed by atoms with van der Waals surface area (Å²) in [6, 6.07) is 0. The molecular weight excluding hydrogens is 545 g/mol. The van der Waals surface area contributed by atoms with E-state index >= 15 is 0 Å². The zero-order chi connectivity index (χ0) is 31.4. The van der Waals surface area contributed by atoms with E-state index in [0.717, 1.165) is 0 Å². The molecule has 0 aromatic heterocycles. The Kier molecular flexibility index (Phi) is 14.5. The van der Waals surface area contributed by atoms with Crippen molar-refractivity contribution in [1.82, 2.24) is 0 Å². The van der Waals surface area contributed by atoms with Crippen LogP contribution in [0.15, 0.2) is 12.3 Å². The van der Waals surface area contributed by atoms with Crippen molar-refractivity contribution < 1.29 is 18.0 Å². The number of hydrogen-bond donors (Lipinski definition) is 0. The maximum atomic E-state index is 7.62. The maximum absolute atomic E-state index is 7.62. The Morgan fingerprint density at radius 1 is 0.500 bits per heavy atom.